The molecule has 0 aromatic rings. The number of ether oxygens (including phenoxy) is 1. The summed E-state index contributed by atoms with van der Waals surface area (Å²) in [7, 11) is 0. The first-order valence-corrected chi connectivity index (χ1v) is 12.5. The summed E-state index contributed by atoms with van der Waals surface area (Å²) in [6, 6.07) is -0.509. The molecule has 2 saturated carbocycles. The molecule has 4 fully saturated rings. The van der Waals surface area contributed by atoms with E-state index in [-0.39, 0.29) is 29.8 Å². The van der Waals surface area contributed by atoms with Gasteiger partial charge in [0.05, 0.1) is 17.9 Å². The highest BCUT2D eigenvalue weighted by atomic mass is 16.5. The van der Waals surface area contributed by atoms with Crippen LogP contribution in [0.1, 0.15) is 78.6 Å². The van der Waals surface area contributed by atoms with E-state index in [1.807, 2.05) is 32.9 Å². The Morgan fingerprint density at radius 2 is 1.69 bits per heavy atom. The molecule has 5 atom stereocenters. The van der Waals surface area contributed by atoms with E-state index >= 15 is 0 Å². The molecule has 176 valence electrons. The lowest BCUT2D eigenvalue weighted by Crippen LogP contribution is -2.59. The van der Waals surface area contributed by atoms with Crippen molar-refractivity contribution >= 4 is 17.7 Å². The minimum absolute atomic E-state index is 0.0382. The molecule has 5 aliphatic rings. The summed E-state index contributed by atoms with van der Waals surface area (Å²) >= 11 is 0. The van der Waals surface area contributed by atoms with Gasteiger partial charge in [-0.1, -0.05) is 44.3 Å². The van der Waals surface area contributed by atoms with Crippen LogP contribution >= 0.6 is 0 Å². The maximum Gasteiger partial charge on any atom is 0.246 e. The van der Waals surface area contributed by atoms with Crippen molar-refractivity contribution in [1.29, 1.82) is 0 Å². The molecule has 0 aromatic carbocycles. The van der Waals surface area contributed by atoms with Crippen molar-refractivity contribution in [2.24, 2.45) is 11.8 Å². The summed E-state index contributed by atoms with van der Waals surface area (Å²) < 4.78 is 6.42. The molecule has 0 aromatic heterocycles. The molecule has 3 aliphatic heterocycles. The molecule has 2 bridgehead atoms. The van der Waals surface area contributed by atoms with Crippen LogP contribution in [0.25, 0.3) is 0 Å². The minimum Gasteiger partial charge on any atom is -0.359 e. The fourth-order valence-electron chi connectivity index (χ4n) is 6.76. The Balaban J connectivity index is 1.46. The molecule has 7 heteroatoms. The Morgan fingerprint density at radius 1 is 1.03 bits per heavy atom. The van der Waals surface area contributed by atoms with E-state index in [9.17, 15) is 14.4 Å². The average molecular weight is 444 g/mol. The second kappa shape index (κ2) is 7.86. The molecule has 2 saturated heterocycles. The van der Waals surface area contributed by atoms with Crippen LogP contribution in [-0.4, -0.2) is 58.0 Å². The highest BCUT2D eigenvalue weighted by Crippen LogP contribution is 2.56. The van der Waals surface area contributed by atoms with Gasteiger partial charge < -0.3 is 20.3 Å². The monoisotopic (exact) mass is 443 g/mol. The standard InChI is InChI=1S/C25H37N3O4/c1-24(2,3)27-22(30)20-25-14-13-17(32-25)18(21(29)26-15-9-5-4-6-10-15)19(25)23(31)28(20)16-11-7-8-12-16/h13-20H,4-12H2,1-3H3,(H,26,29)(H,27,30)/t17-,18+,19+,20+,25+/m1/s1. The van der Waals surface area contributed by atoms with E-state index in [2.05, 4.69) is 10.6 Å². The Labute approximate surface area is 190 Å². The van der Waals surface area contributed by atoms with Gasteiger partial charge in [0, 0.05) is 17.6 Å². The molecule has 5 rings (SSSR count). The van der Waals surface area contributed by atoms with Gasteiger partial charge in [0.25, 0.3) is 0 Å². The molecule has 0 radical (unpaired) electrons. The average Bonchev–Trinajstić information content (AvgIpc) is 3.48. The topological polar surface area (TPSA) is 87.7 Å². The highest BCUT2D eigenvalue weighted by molar-refractivity contribution is 6.00. The van der Waals surface area contributed by atoms with Crippen LogP contribution in [-0.2, 0) is 19.1 Å². The first-order valence-electron chi connectivity index (χ1n) is 12.5. The number of hydrogen-bond acceptors (Lipinski definition) is 4. The highest BCUT2D eigenvalue weighted by Gasteiger charge is 2.73. The number of rotatable bonds is 4. The zero-order valence-electron chi connectivity index (χ0n) is 19.6. The molecule has 2 aliphatic carbocycles. The number of carbonyl (C=O) groups excluding carboxylic acids is 3. The lowest BCUT2D eigenvalue weighted by atomic mass is 9.74. The Kier molecular flexibility index (Phi) is 5.38. The van der Waals surface area contributed by atoms with Crippen LogP contribution in [0, 0.1) is 11.8 Å². The van der Waals surface area contributed by atoms with Crippen molar-refractivity contribution < 1.29 is 19.1 Å². The van der Waals surface area contributed by atoms with Gasteiger partial charge in [-0.05, 0) is 46.5 Å². The largest absolute Gasteiger partial charge is 0.359 e. The van der Waals surface area contributed by atoms with Gasteiger partial charge in [0.2, 0.25) is 17.7 Å². The third-order valence-corrected chi connectivity index (χ3v) is 8.03. The first kappa shape index (κ1) is 21.9. The van der Waals surface area contributed by atoms with Crippen molar-refractivity contribution in [3.8, 4) is 0 Å². The lowest BCUT2D eigenvalue weighted by molar-refractivity contribution is -0.144. The fourth-order valence-corrected chi connectivity index (χ4v) is 6.76. The number of fused-ring (bicyclic) bond motifs is 1. The van der Waals surface area contributed by atoms with Gasteiger partial charge in [0.15, 0.2) is 0 Å². The molecular formula is C25H37N3O4. The van der Waals surface area contributed by atoms with Gasteiger partial charge in [0.1, 0.15) is 11.6 Å². The molecule has 7 nitrogen and oxygen atoms in total. The van der Waals surface area contributed by atoms with Crippen LogP contribution in [0.5, 0.6) is 0 Å². The zero-order valence-corrected chi connectivity index (χ0v) is 19.6. The zero-order chi connectivity index (χ0) is 22.7. The van der Waals surface area contributed by atoms with E-state index in [1.165, 1.54) is 6.42 Å². The van der Waals surface area contributed by atoms with Crippen LogP contribution in [0.3, 0.4) is 0 Å². The summed E-state index contributed by atoms with van der Waals surface area (Å²) in [5.41, 5.74) is -1.47. The van der Waals surface area contributed by atoms with E-state index in [4.69, 9.17) is 4.74 Å². The summed E-state index contributed by atoms with van der Waals surface area (Å²) in [5, 5.41) is 6.31. The predicted molar refractivity (Wildman–Crippen MR) is 120 cm³/mol. The first-order chi connectivity index (χ1) is 15.2. The maximum atomic E-state index is 13.9. The quantitative estimate of drug-likeness (QED) is 0.654. The normalized spacial score (nSPS) is 37.2. The second-order valence-corrected chi connectivity index (χ2v) is 11.5. The van der Waals surface area contributed by atoms with Crippen molar-refractivity contribution in [3.63, 3.8) is 0 Å². The van der Waals surface area contributed by atoms with Crippen molar-refractivity contribution in [3.05, 3.63) is 12.2 Å². The Bertz CT molecular complexity index is 822. The van der Waals surface area contributed by atoms with Crippen LogP contribution < -0.4 is 10.6 Å². The van der Waals surface area contributed by atoms with Gasteiger partial charge in [-0.25, -0.2) is 0 Å². The number of carbonyl (C=O) groups is 3. The number of hydrogen-bond donors (Lipinski definition) is 2. The summed E-state index contributed by atoms with van der Waals surface area (Å²) in [6.07, 6.45) is 12.8. The smallest absolute Gasteiger partial charge is 0.246 e. The van der Waals surface area contributed by atoms with Gasteiger partial charge in [-0.3, -0.25) is 14.4 Å². The lowest BCUT2D eigenvalue weighted by Gasteiger charge is -2.37. The summed E-state index contributed by atoms with van der Waals surface area (Å²) in [4.78, 5) is 42.7. The van der Waals surface area contributed by atoms with Crippen molar-refractivity contribution in [2.45, 2.75) is 114 Å². The van der Waals surface area contributed by atoms with Crippen molar-refractivity contribution in [2.75, 3.05) is 0 Å². The SMILES string of the molecule is CC(C)(C)NC(=O)[C@@H]1N(C2CCCC2)C(=O)[C@@H]2[C@@H](C(=O)NC3CCCCC3)[C@H]3C=C[C@]21O3. The summed E-state index contributed by atoms with van der Waals surface area (Å²) in [5.74, 6) is -1.54. The minimum atomic E-state index is -1.05. The Hall–Kier alpha value is -1.89. The van der Waals surface area contributed by atoms with E-state index in [1.54, 1.807) is 4.90 Å². The van der Waals surface area contributed by atoms with Gasteiger partial charge in [-0.2, -0.15) is 0 Å². The van der Waals surface area contributed by atoms with E-state index < -0.39 is 35.1 Å². The van der Waals surface area contributed by atoms with Gasteiger partial charge in [-0.15, -0.1) is 0 Å². The number of nitrogens with zero attached hydrogens (tertiary/aromatic N) is 1. The van der Waals surface area contributed by atoms with Crippen LogP contribution in [0.4, 0.5) is 0 Å². The Morgan fingerprint density at radius 3 is 2.34 bits per heavy atom. The molecular weight excluding hydrogens is 406 g/mol. The number of amides is 3. The van der Waals surface area contributed by atoms with Crippen molar-refractivity contribution in [1.82, 2.24) is 15.5 Å². The van der Waals surface area contributed by atoms with Crippen LogP contribution in [0.2, 0.25) is 0 Å². The molecule has 3 heterocycles. The molecule has 2 N–H and O–H groups in total. The maximum absolute atomic E-state index is 13.9. The number of nitrogens with one attached hydrogen (secondary N) is 2. The molecule has 32 heavy (non-hydrogen) atoms. The van der Waals surface area contributed by atoms with E-state index in [0.717, 1.165) is 51.4 Å². The second-order valence-electron chi connectivity index (χ2n) is 11.5. The number of likely N-dealkylation sites (tertiary alicyclic amines) is 1. The van der Waals surface area contributed by atoms with E-state index in [0.29, 0.717) is 0 Å². The third-order valence-electron chi connectivity index (χ3n) is 8.03. The molecule has 1 spiro atoms. The predicted octanol–water partition coefficient (Wildman–Crippen LogP) is 2.44. The third kappa shape index (κ3) is 3.47. The summed E-state index contributed by atoms with van der Waals surface area (Å²) in [6.45, 7) is 5.83. The fraction of sp³-hybridized carbons (Fsp3) is 0.800. The van der Waals surface area contributed by atoms with Crippen LogP contribution in [0.15, 0.2) is 12.2 Å². The van der Waals surface area contributed by atoms with Gasteiger partial charge >= 0.3 is 0 Å². The molecule has 3 amide bonds. The molecule has 0 unspecified atom stereocenters.